The lowest BCUT2D eigenvalue weighted by Crippen LogP contribution is -2.28. The monoisotopic (exact) mass is 809 g/mol. The zero-order valence-electron chi connectivity index (χ0n) is 34.2. The molecule has 1 nitrogen and oxygen atoms in total. The lowest BCUT2D eigenvalue weighted by atomic mass is 9.66. The molecule has 3 heteroatoms. The van der Waals surface area contributed by atoms with Gasteiger partial charge in [-0.15, -0.1) is 11.3 Å². The Morgan fingerprint density at radius 1 is 0.483 bits per heavy atom. The predicted molar refractivity (Wildman–Crippen MR) is 259 cm³/mol. The van der Waals surface area contributed by atoms with Gasteiger partial charge in [0.2, 0.25) is 0 Å². The summed E-state index contributed by atoms with van der Waals surface area (Å²) in [7, 11) is -1.10. The second kappa shape index (κ2) is 13.8. The van der Waals surface area contributed by atoms with Crippen LogP contribution in [0.2, 0.25) is 0 Å². The fraction of sp³-hybridized carbons (Fsp3) is 0.158. The predicted octanol–water partition coefficient (Wildman–Crippen LogP) is 16.4. The molecule has 292 valence electrons. The van der Waals surface area contributed by atoms with Gasteiger partial charge in [0.15, 0.2) is 0 Å². The van der Waals surface area contributed by atoms with Gasteiger partial charge in [-0.05, 0) is 142 Å². The second-order valence-electron chi connectivity index (χ2n) is 17.4. The van der Waals surface area contributed by atoms with Crippen molar-refractivity contribution in [1.29, 1.82) is 0 Å². The summed E-state index contributed by atoms with van der Waals surface area (Å²) < 4.78 is 2.63. The molecular weight excluding hydrogens is 763 g/mol. The summed E-state index contributed by atoms with van der Waals surface area (Å²) in [6.45, 7) is 0. The SMILES string of the molecule is CS1(C)c2ccccc2-c2cc(N(c3ccc(C4CCCCC4)cc3)c3ccc4sc5cccc(C6(c7ccccc7)c7ccccc7-c7ccccc76)c5c4c3)ccc21. The Balaban J connectivity index is 1.10. The molecule has 0 atom stereocenters. The third kappa shape index (κ3) is 5.25. The van der Waals surface area contributed by atoms with E-state index in [1.165, 1.54) is 129 Å². The fourth-order valence-corrected chi connectivity index (χ4v) is 14.9. The molecule has 1 saturated carbocycles. The van der Waals surface area contributed by atoms with Crippen molar-refractivity contribution in [1.82, 2.24) is 0 Å². The van der Waals surface area contributed by atoms with Crippen LogP contribution in [0.5, 0.6) is 0 Å². The summed E-state index contributed by atoms with van der Waals surface area (Å²) in [6, 6.07) is 69.7. The Bertz CT molecular complexity index is 3070. The highest BCUT2D eigenvalue weighted by atomic mass is 32.3. The Kier molecular flexibility index (Phi) is 8.31. The van der Waals surface area contributed by atoms with Gasteiger partial charge in [0.25, 0.3) is 0 Å². The molecule has 3 aliphatic rings. The van der Waals surface area contributed by atoms with E-state index in [4.69, 9.17) is 0 Å². The Labute approximate surface area is 359 Å². The Morgan fingerprint density at radius 2 is 1.08 bits per heavy atom. The summed E-state index contributed by atoms with van der Waals surface area (Å²) in [4.78, 5) is 5.49. The van der Waals surface area contributed by atoms with Gasteiger partial charge in [0.05, 0.1) is 5.41 Å². The fourth-order valence-electron chi connectivity index (χ4n) is 11.3. The molecule has 0 bridgehead atoms. The topological polar surface area (TPSA) is 3.24 Å². The molecular formula is C57H47NS2. The average Bonchev–Trinajstić information content (AvgIpc) is 3.91. The summed E-state index contributed by atoms with van der Waals surface area (Å²) >= 11 is 1.91. The number of benzene rings is 8. The molecule has 0 saturated heterocycles. The van der Waals surface area contributed by atoms with E-state index in [9.17, 15) is 0 Å². The first-order valence-corrected chi connectivity index (χ1v) is 24.9. The van der Waals surface area contributed by atoms with Gasteiger partial charge in [0, 0.05) is 47.0 Å². The smallest absolute Gasteiger partial charge is 0.0720 e. The number of thiophene rings is 1. The van der Waals surface area contributed by atoms with Gasteiger partial charge < -0.3 is 4.90 Å². The second-order valence-corrected chi connectivity index (χ2v) is 22.1. The van der Waals surface area contributed by atoms with Crippen molar-refractivity contribution in [3.05, 3.63) is 210 Å². The van der Waals surface area contributed by atoms with Gasteiger partial charge in [-0.2, -0.15) is 10.0 Å². The summed E-state index contributed by atoms with van der Waals surface area (Å²) in [5.74, 6) is 0.665. The molecule has 2 aliphatic carbocycles. The summed E-state index contributed by atoms with van der Waals surface area (Å²) in [5, 5.41) is 2.65. The molecule has 1 fully saturated rings. The lowest BCUT2D eigenvalue weighted by molar-refractivity contribution is 0.443. The quantitative estimate of drug-likeness (QED) is 0.162. The molecule has 0 amide bonds. The normalized spacial score (nSPS) is 16.6. The molecule has 0 spiro atoms. The minimum atomic E-state index is -1.10. The first-order chi connectivity index (χ1) is 29.5. The van der Waals surface area contributed by atoms with Crippen molar-refractivity contribution in [3.63, 3.8) is 0 Å². The molecule has 1 aliphatic heterocycles. The zero-order chi connectivity index (χ0) is 40.0. The van der Waals surface area contributed by atoms with E-state index in [2.05, 4.69) is 199 Å². The number of fused-ring (bicyclic) bond motifs is 9. The summed E-state index contributed by atoms with van der Waals surface area (Å²) in [6.07, 6.45) is 11.6. The van der Waals surface area contributed by atoms with Crippen LogP contribution in [0.15, 0.2) is 192 Å². The number of hydrogen-bond acceptors (Lipinski definition) is 2. The Hall–Kier alpha value is -5.87. The average molecular weight is 810 g/mol. The van der Waals surface area contributed by atoms with Crippen molar-refractivity contribution in [2.24, 2.45) is 0 Å². The highest BCUT2D eigenvalue weighted by Crippen LogP contribution is 2.67. The lowest BCUT2D eigenvalue weighted by Gasteiger charge is -2.34. The van der Waals surface area contributed by atoms with Crippen molar-refractivity contribution < 1.29 is 0 Å². The highest BCUT2D eigenvalue weighted by molar-refractivity contribution is 8.33. The van der Waals surface area contributed by atoms with Gasteiger partial charge in [-0.1, -0.05) is 141 Å². The summed E-state index contributed by atoms with van der Waals surface area (Å²) in [5.41, 5.74) is 15.3. The van der Waals surface area contributed by atoms with Gasteiger partial charge >= 0.3 is 0 Å². The van der Waals surface area contributed by atoms with Crippen LogP contribution in [-0.2, 0) is 5.41 Å². The Morgan fingerprint density at radius 3 is 1.83 bits per heavy atom. The first kappa shape index (κ1) is 36.0. The van der Waals surface area contributed by atoms with Crippen molar-refractivity contribution in [2.45, 2.75) is 53.2 Å². The molecule has 9 aromatic rings. The largest absolute Gasteiger partial charge is 0.310 e. The molecule has 2 heterocycles. The van der Waals surface area contributed by atoms with E-state index in [1.54, 1.807) is 0 Å². The van der Waals surface area contributed by atoms with E-state index in [0.29, 0.717) is 5.92 Å². The molecule has 8 aromatic carbocycles. The molecule has 1 aromatic heterocycles. The molecule has 60 heavy (non-hydrogen) atoms. The van der Waals surface area contributed by atoms with Crippen LogP contribution in [0.3, 0.4) is 0 Å². The number of rotatable bonds is 6. The minimum Gasteiger partial charge on any atom is -0.310 e. The van der Waals surface area contributed by atoms with Gasteiger partial charge in [0.1, 0.15) is 0 Å². The van der Waals surface area contributed by atoms with E-state index in [0.717, 1.165) is 0 Å². The molecule has 0 unspecified atom stereocenters. The maximum atomic E-state index is 2.52. The van der Waals surface area contributed by atoms with Crippen LogP contribution in [-0.4, -0.2) is 12.5 Å². The van der Waals surface area contributed by atoms with E-state index in [-0.39, 0.29) is 0 Å². The van der Waals surface area contributed by atoms with Crippen LogP contribution in [0.25, 0.3) is 42.4 Å². The third-order valence-electron chi connectivity index (χ3n) is 14.0. The molecule has 0 radical (unpaired) electrons. The van der Waals surface area contributed by atoms with E-state index in [1.807, 2.05) is 11.3 Å². The highest BCUT2D eigenvalue weighted by Gasteiger charge is 2.47. The van der Waals surface area contributed by atoms with Gasteiger partial charge in [-0.3, -0.25) is 0 Å². The maximum absolute atomic E-state index is 2.52. The van der Waals surface area contributed by atoms with Crippen molar-refractivity contribution >= 4 is 58.6 Å². The zero-order valence-corrected chi connectivity index (χ0v) is 35.8. The first-order valence-electron chi connectivity index (χ1n) is 21.6. The van der Waals surface area contributed by atoms with Crippen LogP contribution in [0, 0.1) is 0 Å². The van der Waals surface area contributed by atoms with Crippen LogP contribution < -0.4 is 4.90 Å². The standard InChI is InChI=1S/C57H47NS2/c1-60(2)54-27-14-11-22-46(54)47-36-43(33-35-55(47)60)58(41-30-28-39(29-31-41)38-16-5-3-6-17-38)42-32-34-52-48(37-42)56-51(25-15-26-53(56)59-52)57(40-18-7-4-8-19-40)49-23-12-9-20-44(49)45-21-10-13-24-50(45)57/h4,7-15,18-38H,3,5-6,16-17H2,1-2H3. The molecule has 12 rings (SSSR count). The number of anilines is 3. The van der Waals surface area contributed by atoms with Crippen LogP contribution in [0.1, 0.15) is 65.8 Å². The van der Waals surface area contributed by atoms with Gasteiger partial charge in [-0.25, -0.2) is 0 Å². The minimum absolute atomic E-state index is 0.477. The number of nitrogens with zero attached hydrogens (tertiary/aromatic N) is 1. The molecule has 0 N–H and O–H groups in total. The third-order valence-corrected chi connectivity index (χ3v) is 18.1. The van der Waals surface area contributed by atoms with Crippen LogP contribution in [0.4, 0.5) is 17.1 Å². The van der Waals surface area contributed by atoms with Crippen LogP contribution >= 0.6 is 21.4 Å². The van der Waals surface area contributed by atoms with E-state index >= 15 is 0 Å². The maximum Gasteiger partial charge on any atom is 0.0720 e. The van der Waals surface area contributed by atoms with Crippen molar-refractivity contribution in [3.8, 4) is 22.3 Å². The van der Waals surface area contributed by atoms with E-state index < -0.39 is 15.4 Å². The van der Waals surface area contributed by atoms with Crippen molar-refractivity contribution in [2.75, 3.05) is 17.4 Å². The number of hydrogen-bond donors (Lipinski definition) is 0.